The smallest absolute Gasteiger partial charge is 0.381 e. The highest BCUT2D eigenvalue weighted by Gasteiger charge is 2.68. The number of primary amides is 1. The summed E-state index contributed by atoms with van der Waals surface area (Å²) in [5, 5.41) is 2.59. The van der Waals surface area contributed by atoms with Crippen LogP contribution in [0.5, 0.6) is 0 Å². The number of amides is 3. The normalized spacial score (nSPS) is 30.0. The molecule has 3 N–H and O–H groups in total. The van der Waals surface area contributed by atoms with Crippen LogP contribution in [0.25, 0.3) is 0 Å². The lowest BCUT2D eigenvalue weighted by Gasteiger charge is -2.62. The van der Waals surface area contributed by atoms with E-state index in [1.807, 2.05) is 0 Å². The first-order valence-electron chi connectivity index (χ1n) is 9.26. The molecule has 4 rings (SSSR count). The van der Waals surface area contributed by atoms with Gasteiger partial charge in [0.25, 0.3) is 0 Å². The first kappa shape index (κ1) is 19.7. The van der Waals surface area contributed by atoms with Gasteiger partial charge in [0.2, 0.25) is 17.7 Å². The van der Waals surface area contributed by atoms with Crippen LogP contribution in [0.1, 0.15) is 17.5 Å². The lowest BCUT2D eigenvalue weighted by molar-refractivity contribution is -0.201. The number of nitrogens with two attached hydrogens (primary N) is 1. The third-order valence-electron chi connectivity index (χ3n) is 6.25. The van der Waals surface area contributed by atoms with E-state index in [0.717, 1.165) is 12.1 Å². The van der Waals surface area contributed by atoms with Gasteiger partial charge in [-0.1, -0.05) is 12.1 Å². The SMILES string of the molecule is NC(=O)C1CC2(C(=O)NCC(=O)N2Cc2ccc(C(F)(F)F)cc2)C1C1COC1. The van der Waals surface area contributed by atoms with Crippen LogP contribution in [0.4, 0.5) is 13.2 Å². The summed E-state index contributed by atoms with van der Waals surface area (Å²) in [6.45, 7) is 0.508. The van der Waals surface area contributed by atoms with E-state index >= 15 is 0 Å². The Morgan fingerprint density at radius 3 is 2.41 bits per heavy atom. The zero-order valence-corrected chi connectivity index (χ0v) is 15.4. The molecular weight excluding hydrogens is 391 g/mol. The fourth-order valence-electron chi connectivity index (χ4n) is 4.72. The summed E-state index contributed by atoms with van der Waals surface area (Å²) in [7, 11) is 0. The monoisotopic (exact) mass is 411 g/mol. The fourth-order valence-corrected chi connectivity index (χ4v) is 4.72. The van der Waals surface area contributed by atoms with Gasteiger partial charge in [0.1, 0.15) is 5.54 Å². The van der Waals surface area contributed by atoms with Crippen molar-refractivity contribution in [2.45, 2.75) is 24.7 Å². The Morgan fingerprint density at radius 2 is 1.90 bits per heavy atom. The molecule has 0 radical (unpaired) electrons. The van der Waals surface area contributed by atoms with Gasteiger partial charge in [-0.05, 0) is 24.1 Å². The molecule has 10 heteroatoms. The molecule has 2 saturated heterocycles. The Bertz CT molecular complexity index is 853. The van der Waals surface area contributed by atoms with Crippen LogP contribution in [0, 0.1) is 17.8 Å². The molecule has 3 amide bonds. The maximum atomic E-state index is 12.9. The minimum Gasteiger partial charge on any atom is -0.381 e. The molecule has 1 spiro atoms. The van der Waals surface area contributed by atoms with Crippen molar-refractivity contribution in [2.75, 3.05) is 19.8 Å². The number of nitrogens with one attached hydrogen (secondary N) is 1. The Balaban J connectivity index is 1.65. The number of carbonyl (C=O) groups is 3. The number of ether oxygens (including phenoxy) is 1. The summed E-state index contributed by atoms with van der Waals surface area (Å²) in [5.74, 6) is -2.37. The second kappa shape index (κ2) is 6.72. The average molecular weight is 411 g/mol. The molecule has 1 aromatic carbocycles. The van der Waals surface area contributed by atoms with E-state index in [9.17, 15) is 27.6 Å². The first-order chi connectivity index (χ1) is 13.6. The summed E-state index contributed by atoms with van der Waals surface area (Å²) < 4.78 is 43.6. The van der Waals surface area contributed by atoms with E-state index in [1.165, 1.54) is 17.0 Å². The van der Waals surface area contributed by atoms with Crippen molar-refractivity contribution in [3.05, 3.63) is 35.4 Å². The van der Waals surface area contributed by atoms with Crippen molar-refractivity contribution >= 4 is 17.7 Å². The van der Waals surface area contributed by atoms with Gasteiger partial charge in [-0.25, -0.2) is 0 Å². The lowest BCUT2D eigenvalue weighted by Crippen LogP contribution is -2.79. The van der Waals surface area contributed by atoms with Gasteiger partial charge in [0.05, 0.1) is 25.3 Å². The molecule has 156 valence electrons. The fraction of sp³-hybridized carbons (Fsp3) is 0.526. The van der Waals surface area contributed by atoms with Crippen molar-refractivity contribution in [3.63, 3.8) is 0 Å². The summed E-state index contributed by atoms with van der Waals surface area (Å²) in [5.41, 5.74) is 3.94. The van der Waals surface area contributed by atoms with Crippen LogP contribution < -0.4 is 11.1 Å². The summed E-state index contributed by atoms with van der Waals surface area (Å²) in [6.07, 6.45) is -4.36. The van der Waals surface area contributed by atoms with Crippen LogP contribution in [-0.2, 0) is 31.8 Å². The summed E-state index contributed by atoms with van der Waals surface area (Å²) in [4.78, 5) is 38.9. The molecule has 3 fully saturated rings. The molecule has 29 heavy (non-hydrogen) atoms. The Kier molecular flexibility index (Phi) is 4.56. The molecule has 3 unspecified atom stereocenters. The third-order valence-corrected chi connectivity index (χ3v) is 6.25. The molecule has 1 aliphatic carbocycles. The quantitative estimate of drug-likeness (QED) is 0.760. The molecule has 1 aromatic rings. The van der Waals surface area contributed by atoms with Gasteiger partial charge in [-0.3, -0.25) is 14.4 Å². The van der Waals surface area contributed by atoms with Gasteiger partial charge in [-0.2, -0.15) is 13.2 Å². The van der Waals surface area contributed by atoms with Crippen molar-refractivity contribution in [1.29, 1.82) is 0 Å². The predicted molar refractivity (Wildman–Crippen MR) is 92.8 cm³/mol. The van der Waals surface area contributed by atoms with Crippen LogP contribution in [-0.4, -0.2) is 47.9 Å². The zero-order valence-electron chi connectivity index (χ0n) is 15.4. The van der Waals surface area contributed by atoms with Gasteiger partial charge in [0.15, 0.2) is 0 Å². The Labute approximate surface area is 164 Å². The number of benzene rings is 1. The summed E-state index contributed by atoms with van der Waals surface area (Å²) in [6, 6.07) is 4.48. The maximum absolute atomic E-state index is 12.9. The largest absolute Gasteiger partial charge is 0.416 e. The second-order valence-electron chi connectivity index (χ2n) is 7.82. The molecular formula is C19H20F3N3O4. The van der Waals surface area contributed by atoms with Crippen molar-refractivity contribution in [2.24, 2.45) is 23.5 Å². The van der Waals surface area contributed by atoms with E-state index in [-0.39, 0.29) is 37.2 Å². The van der Waals surface area contributed by atoms with E-state index in [4.69, 9.17) is 10.5 Å². The van der Waals surface area contributed by atoms with E-state index in [1.54, 1.807) is 0 Å². The highest BCUT2D eigenvalue weighted by Crippen LogP contribution is 2.54. The van der Waals surface area contributed by atoms with E-state index in [2.05, 4.69) is 5.32 Å². The van der Waals surface area contributed by atoms with Crippen molar-refractivity contribution in [1.82, 2.24) is 10.2 Å². The molecule has 7 nitrogen and oxygen atoms in total. The number of rotatable bonds is 4. The standard InChI is InChI=1S/C19H20F3N3O4/c20-19(21,22)12-3-1-10(2-4-12)7-25-14(26)6-24-17(28)18(25)5-13(16(23)27)15(18)11-8-29-9-11/h1-4,11,13,15H,5-9H2,(H2,23,27)(H,24,28). The summed E-state index contributed by atoms with van der Waals surface area (Å²) >= 11 is 0. The molecule has 3 aliphatic rings. The Morgan fingerprint density at radius 1 is 1.24 bits per heavy atom. The first-order valence-corrected chi connectivity index (χ1v) is 9.26. The third kappa shape index (κ3) is 3.06. The van der Waals surface area contributed by atoms with Gasteiger partial charge in [0, 0.05) is 24.3 Å². The minimum atomic E-state index is -4.46. The van der Waals surface area contributed by atoms with Crippen LogP contribution in [0.3, 0.4) is 0 Å². The Hall–Kier alpha value is -2.62. The predicted octanol–water partition coefficient (Wildman–Crippen LogP) is 0.670. The number of piperazine rings is 1. The van der Waals surface area contributed by atoms with Gasteiger partial charge >= 0.3 is 6.18 Å². The topological polar surface area (TPSA) is 102 Å². The number of nitrogens with zero attached hydrogens (tertiary/aromatic N) is 1. The number of carbonyl (C=O) groups excluding carboxylic acids is 3. The molecule has 0 bridgehead atoms. The van der Waals surface area contributed by atoms with Crippen LogP contribution >= 0.6 is 0 Å². The number of hydrogen-bond donors (Lipinski definition) is 2. The molecule has 1 saturated carbocycles. The highest BCUT2D eigenvalue weighted by molar-refractivity contribution is 6.00. The number of halogens is 3. The molecule has 3 atom stereocenters. The second-order valence-corrected chi connectivity index (χ2v) is 7.82. The maximum Gasteiger partial charge on any atom is 0.416 e. The van der Waals surface area contributed by atoms with Crippen LogP contribution in [0.15, 0.2) is 24.3 Å². The number of hydrogen-bond acceptors (Lipinski definition) is 4. The molecule has 2 aliphatic heterocycles. The van der Waals surface area contributed by atoms with Gasteiger partial charge in [-0.15, -0.1) is 0 Å². The van der Waals surface area contributed by atoms with E-state index < -0.39 is 35.0 Å². The molecule has 0 aromatic heterocycles. The van der Waals surface area contributed by atoms with Crippen molar-refractivity contribution in [3.8, 4) is 0 Å². The van der Waals surface area contributed by atoms with Gasteiger partial charge < -0.3 is 20.7 Å². The minimum absolute atomic E-state index is 0.0278. The average Bonchev–Trinajstić information content (AvgIpc) is 2.59. The van der Waals surface area contributed by atoms with E-state index in [0.29, 0.717) is 18.8 Å². The van der Waals surface area contributed by atoms with Crippen LogP contribution in [0.2, 0.25) is 0 Å². The molecule has 2 heterocycles. The number of alkyl halides is 3. The zero-order chi connectivity index (χ0) is 21.0. The van der Waals surface area contributed by atoms with Crippen molar-refractivity contribution < 1.29 is 32.3 Å². The lowest BCUT2D eigenvalue weighted by atomic mass is 9.52. The highest BCUT2D eigenvalue weighted by atomic mass is 19.4.